The van der Waals surface area contributed by atoms with E-state index in [0.29, 0.717) is 18.7 Å². The minimum absolute atomic E-state index is 0.0129. The van der Waals surface area contributed by atoms with Crippen molar-refractivity contribution in [1.29, 1.82) is 5.26 Å². The molecule has 0 unspecified atom stereocenters. The summed E-state index contributed by atoms with van der Waals surface area (Å²) < 4.78 is 0. The summed E-state index contributed by atoms with van der Waals surface area (Å²) in [6.07, 6.45) is 0.774. The van der Waals surface area contributed by atoms with Crippen LogP contribution in [-0.4, -0.2) is 41.8 Å². The summed E-state index contributed by atoms with van der Waals surface area (Å²) >= 11 is 0. The molecule has 2 aromatic rings. The number of nitrogens with one attached hydrogen (secondary N) is 2. The molecule has 0 saturated carbocycles. The summed E-state index contributed by atoms with van der Waals surface area (Å²) in [4.78, 5) is 39.1. The van der Waals surface area contributed by atoms with Crippen LogP contribution in [0.25, 0.3) is 0 Å². The zero-order valence-electron chi connectivity index (χ0n) is 15.7. The molecule has 146 valence electrons. The van der Waals surface area contributed by atoms with Gasteiger partial charge in [0.05, 0.1) is 11.5 Å². The highest BCUT2D eigenvalue weighted by molar-refractivity contribution is 6.35. The number of fused-ring (bicyclic) bond motifs is 2. The third-order valence-electron chi connectivity index (χ3n) is 5.63. The Hall–Kier alpha value is -3.66. The topological polar surface area (TPSA) is 102 Å². The smallest absolute Gasteiger partial charge is 0.312 e. The van der Waals surface area contributed by atoms with Crippen LogP contribution in [-0.2, 0) is 26.2 Å². The first-order valence-electron chi connectivity index (χ1n) is 9.48. The lowest BCUT2D eigenvalue weighted by molar-refractivity contribution is -0.146. The largest absolute Gasteiger partial charge is 0.347 e. The van der Waals surface area contributed by atoms with Gasteiger partial charge in [-0.1, -0.05) is 48.5 Å². The standard InChI is InChI=1S/C22H20N4O3/c23-13-16-12-22(17-8-4-5-9-18(17)25-21(22)29)14-26(16)20(28)19(27)24-11-10-15-6-2-1-3-7-15/h1-9,16H,10-12,14H2,(H,24,27)(H,25,29)/t16-,22-/m0/s1. The number of para-hydroxylation sites is 1. The van der Waals surface area contributed by atoms with E-state index in [-0.39, 0.29) is 18.9 Å². The van der Waals surface area contributed by atoms with Gasteiger partial charge in [0.15, 0.2) is 0 Å². The highest BCUT2D eigenvalue weighted by atomic mass is 16.2. The molecular weight excluding hydrogens is 368 g/mol. The maximum Gasteiger partial charge on any atom is 0.312 e. The first-order chi connectivity index (χ1) is 14.0. The Morgan fingerprint density at radius 2 is 1.90 bits per heavy atom. The number of rotatable bonds is 3. The lowest BCUT2D eigenvalue weighted by Gasteiger charge is -2.22. The first kappa shape index (κ1) is 18.7. The van der Waals surface area contributed by atoms with Gasteiger partial charge in [-0.25, -0.2) is 0 Å². The average molecular weight is 388 g/mol. The molecule has 2 heterocycles. The molecule has 4 rings (SSSR count). The molecule has 2 N–H and O–H groups in total. The third-order valence-corrected chi connectivity index (χ3v) is 5.63. The van der Waals surface area contributed by atoms with Crippen molar-refractivity contribution in [3.05, 3.63) is 65.7 Å². The molecule has 1 fully saturated rings. The van der Waals surface area contributed by atoms with Gasteiger partial charge >= 0.3 is 11.8 Å². The lowest BCUT2D eigenvalue weighted by atomic mass is 9.80. The van der Waals surface area contributed by atoms with E-state index < -0.39 is 23.3 Å². The molecule has 7 heteroatoms. The molecular formula is C22H20N4O3. The predicted octanol–water partition coefficient (Wildman–Crippen LogP) is 1.36. The molecule has 2 aliphatic heterocycles. The van der Waals surface area contributed by atoms with E-state index in [1.165, 1.54) is 4.90 Å². The second kappa shape index (κ2) is 7.40. The van der Waals surface area contributed by atoms with Crippen LogP contribution in [0.15, 0.2) is 54.6 Å². The normalized spacial score (nSPS) is 22.1. The number of carbonyl (C=O) groups excluding carboxylic acids is 3. The summed E-state index contributed by atoms with van der Waals surface area (Å²) in [5, 5.41) is 15.0. The molecule has 0 radical (unpaired) electrons. The van der Waals surface area contributed by atoms with Crippen molar-refractivity contribution in [3.8, 4) is 6.07 Å². The zero-order valence-corrected chi connectivity index (χ0v) is 15.7. The van der Waals surface area contributed by atoms with Gasteiger partial charge in [0, 0.05) is 25.2 Å². The number of hydrogen-bond acceptors (Lipinski definition) is 4. The molecule has 0 aromatic heterocycles. The van der Waals surface area contributed by atoms with Crippen LogP contribution in [0.3, 0.4) is 0 Å². The third kappa shape index (κ3) is 3.23. The Kier molecular flexibility index (Phi) is 4.77. The molecule has 2 aliphatic rings. The van der Waals surface area contributed by atoms with Gasteiger partial charge in [-0.15, -0.1) is 0 Å². The minimum atomic E-state index is -0.989. The summed E-state index contributed by atoms with van der Waals surface area (Å²) in [6, 6.07) is 18.1. The fourth-order valence-corrected chi connectivity index (χ4v) is 4.14. The monoisotopic (exact) mass is 388 g/mol. The first-order valence-corrected chi connectivity index (χ1v) is 9.48. The molecule has 3 amide bonds. The van der Waals surface area contributed by atoms with Gasteiger partial charge in [0.2, 0.25) is 5.91 Å². The number of carbonyl (C=O) groups is 3. The Balaban J connectivity index is 1.47. The molecule has 0 bridgehead atoms. The molecule has 0 aliphatic carbocycles. The quantitative estimate of drug-likeness (QED) is 0.775. The Morgan fingerprint density at radius 3 is 2.66 bits per heavy atom. The van der Waals surface area contributed by atoms with E-state index in [1.54, 1.807) is 6.07 Å². The number of hydrogen-bond donors (Lipinski definition) is 2. The number of nitrogens with zero attached hydrogens (tertiary/aromatic N) is 2. The number of nitriles is 1. The van der Waals surface area contributed by atoms with E-state index >= 15 is 0 Å². The zero-order chi connectivity index (χ0) is 20.4. The Morgan fingerprint density at radius 1 is 1.17 bits per heavy atom. The van der Waals surface area contributed by atoms with Gasteiger partial charge in [-0.05, 0) is 23.6 Å². The molecule has 7 nitrogen and oxygen atoms in total. The van der Waals surface area contributed by atoms with Gasteiger partial charge in [0.1, 0.15) is 6.04 Å². The van der Waals surface area contributed by atoms with Crippen molar-refractivity contribution >= 4 is 23.4 Å². The van der Waals surface area contributed by atoms with Crippen LogP contribution in [0.5, 0.6) is 0 Å². The highest BCUT2D eigenvalue weighted by Gasteiger charge is 2.56. The van der Waals surface area contributed by atoms with Crippen LogP contribution in [0.2, 0.25) is 0 Å². The van der Waals surface area contributed by atoms with Crippen LogP contribution in [0.4, 0.5) is 5.69 Å². The fourth-order valence-electron chi connectivity index (χ4n) is 4.14. The van der Waals surface area contributed by atoms with E-state index in [0.717, 1.165) is 11.1 Å². The van der Waals surface area contributed by atoms with Gasteiger partial charge < -0.3 is 15.5 Å². The second-order valence-corrected chi connectivity index (χ2v) is 7.36. The van der Waals surface area contributed by atoms with Crippen LogP contribution < -0.4 is 10.6 Å². The molecule has 2 atom stereocenters. The Bertz CT molecular complexity index is 1010. The van der Waals surface area contributed by atoms with Crippen LogP contribution in [0.1, 0.15) is 17.5 Å². The summed E-state index contributed by atoms with van der Waals surface area (Å²) in [5.41, 5.74) is 1.52. The maximum atomic E-state index is 12.7. The maximum absolute atomic E-state index is 12.7. The van der Waals surface area contributed by atoms with E-state index in [1.807, 2.05) is 48.5 Å². The van der Waals surface area contributed by atoms with Crippen molar-refractivity contribution in [2.75, 3.05) is 18.4 Å². The van der Waals surface area contributed by atoms with Crippen molar-refractivity contribution in [2.45, 2.75) is 24.3 Å². The lowest BCUT2D eigenvalue weighted by Crippen LogP contribution is -2.47. The summed E-state index contributed by atoms with van der Waals surface area (Å²) in [6.45, 7) is 0.327. The minimum Gasteiger partial charge on any atom is -0.347 e. The summed E-state index contributed by atoms with van der Waals surface area (Å²) in [5.74, 6) is -1.78. The number of anilines is 1. The van der Waals surface area contributed by atoms with Crippen molar-refractivity contribution in [1.82, 2.24) is 10.2 Å². The van der Waals surface area contributed by atoms with Gasteiger partial charge in [-0.2, -0.15) is 5.26 Å². The number of benzene rings is 2. The molecule has 1 spiro atoms. The predicted molar refractivity (Wildman–Crippen MR) is 106 cm³/mol. The van der Waals surface area contributed by atoms with E-state index in [2.05, 4.69) is 16.7 Å². The van der Waals surface area contributed by atoms with Gasteiger partial charge in [-0.3, -0.25) is 14.4 Å². The Labute approximate surface area is 168 Å². The van der Waals surface area contributed by atoms with Gasteiger partial charge in [0.25, 0.3) is 0 Å². The van der Waals surface area contributed by atoms with Crippen LogP contribution >= 0.6 is 0 Å². The van der Waals surface area contributed by atoms with Crippen molar-refractivity contribution in [2.24, 2.45) is 0 Å². The molecule has 29 heavy (non-hydrogen) atoms. The number of amides is 3. The number of likely N-dealkylation sites (tertiary alicyclic amines) is 1. The van der Waals surface area contributed by atoms with Crippen molar-refractivity contribution < 1.29 is 14.4 Å². The van der Waals surface area contributed by atoms with E-state index in [4.69, 9.17) is 0 Å². The average Bonchev–Trinajstić information content (AvgIpc) is 3.27. The highest BCUT2D eigenvalue weighted by Crippen LogP contribution is 2.46. The van der Waals surface area contributed by atoms with Crippen molar-refractivity contribution in [3.63, 3.8) is 0 Å². The molecule has 2 aromatic carbocycles. The summed E-state index contributed by atoms with van der Waals surface area (Å²) in [7, 11) is 0. The van der Waals surface area contributed by atoms with E-state index in [9.17, 15) is 19.6 Å². The SMILES string of the molecule is N#C[C@@H]1C[C@@]2(CN1C(=O)C(=O)NCCc1ccccc1)C(=O)Nc1ccccc12. The molecule has 1 saturated heterocycles. The second-order valence-electron chi connectivity index (χ2n) is 7.36. The van der Waals surface area contributed by atoms with Crippen LogP contribution in [0, 0.1) is 11.3 Å². The fraction of sp³-hybridized carbons (Fsp3) is 0.273.